The van der Waals surface area contributed by atoms with Gasteiger partial charge in [-0.3, -0.25) is 4.79 Å². The third-order valence-corrected chi connectivity index (χ3v) is 4.98. The van der Waals surface area contributed by atoms with Crippen molar-refractivity contribution in [3.05, 3.63) is 28.0 Å². The lowest BCUT2D eigenvalue weighted by atomic mass is 9.72. The molecule has 2 rings (SSSR count). The van der Waals surface area contributed by atoms with Crippen molar-refractivity contribution in [2.75, 3.05) is 13.2 Å². The first-order valence-electron chi connectivity index (χ1n) is 8.00. The van der Waals surface area contributed by atoms with Crippen LogP contribution in [0.15, 0.2) is 6.07 Å². The fraction of sp³-hybridized carbons (Fsp3) is 0.647. The van der Waals surface area contributed by atoms with Crippen molar-refractivity contribution in [1.82, 2.24) is 10.3 Å². The monoisotopic (exact) mass is 324 g/mol. The molecule has 1 heterocycles. The summed E-state index contributed by atoms with van der Waals surface area (Å²) in [5.74, 6) is -0.169. The number of nitrogens with zero attached hydrogens (tertiary/aromatic N) is 1. The number of aliphatic hydroxyl groups excluding tert-OH is 1. The maximum atomic E-state index is 12.5. The number of nitrogens with one attached hydrogen (secondary N) is 1. The largest absolute Gasteiger partial charge is 0.396 e. The Morgan fingerprint density at radius 2 is 2.05 bits per heavy atom. The van der Waals surface area contributed by atoms with Crippen molar-refractivity contribution in [2.24, 2.45) is 5.41 Å². The Morgan fingerprint density at radius 1 is 1.36 bits per heavy atom. The number of amides is 1. The zero-order valence-corrected chi connectivity index (χ0v) is 14.2. The van der Waals surface area contributed by atoms with Crippen LogP contribution in [0.5, 0.6) is 0 Å². The first kappa shape index (κ1) is 17.2. The molecule has 0 unspecified atom stereocenters. The normalized spacial score (nSPS) is 17.3. The summed E-state index contributed by atoms with van der Waals surface area (Å²) in [7, 11) is 0. The van der Waals surface area contributed by atoms with Gasteiger partial charge in [-0.25, -0.2) is 4.98 Å². The molecular formula is C17H25ClN2O2. The molecule has 0 radical (unpaired) electrons. The summed E-state index contributed by atoms with van der Waals surface area (Å²) in [4.78, 5) is 16.7. The molecule has 1 aromatic rings. The highest BCUT2D eigenvalue weighted by atomic mass is 35.5. The number of rotatable bonds is 5. The number of aromatic nitrogens is 1. The molecule has 1 saturated carbocycles. The lowest BCUT2D eigenvalue weighted by Crippen LogP contribution is -2.40. The predicted molar refractivity (Wildman–Crippen MR) is 88.3 cm³/mol. The molecule has 1 aliphatic carbocycles. The quantitative estimate of drug-likeness (QED) is 0.816. The van der Waals surface area contributed by atoms with E-state index in [1.807, 2.05) is 19.9 Å². The standard InChI is InChI=1S/C17H25ClN2O2/c1-12-10-13(2)20-15(18)14(12)16(22)19-11-17(8-9-21)6-4-3-5-7-17/h10,21H,3-9,11H2,1-2H3,(H,19,22). The Kier molecular flexibility index (Phi) is 5.81. The zero-order valence-electron chi connectivity index (χ0n) is 13.4. The second-order valence-corrected chi connectivity index (χ2v) is 6.82. The number of aliphatic hydroxyl groups is 1. The first-order valence-corrected chi connectivity index (χ1v) is 8.38. The third kappa shape index (κ3) is 3.99. The van der Waals surface area contributed by atoms with Gasteiger partial charge in [-0.1, -0.05) is 30.9 Å². The third-order valence-electron chi connectivity index (χ3n) is 4.71. The Labute approximate surface area is 137 Å². The van der Waals surface area contributed by atoms with E-state index >= 15 is 0 Å². The van der Waals surface area contributed by atoms with Crippen LogP contribution in [-0.4, -0.2) is 29.1 Å². The van der Waals surface area contributed by atoms with Crippen molar-refractivity contribution in [1.29, 1.82) is 0 Å². The Balaban J connectivity index is 2.08. The number of carbonyl (C=O) groups is 1. The minimum atomic E-state index is -0.169. The molecule has 122 valence electrons. The highest BCUT2D eigenvalue weighted by Gasteiger charge is 2.32. The summed E-state index contributed by atoms with van der Waals surface area (Å²) in [5.41, 5.74) is 2.14. The van der Waals surface area contributed by atoms with E-state index < -0.39 is 0 Å². The fourth-order valence-electron chi connectivity index (χ4n) is 3.47. The van der Waals surface area contributed by atoms with Gasteiger partial charge in [0, 0.05) is 18.8 Å². The average Bonchev–Trinajstić information content (AvgIpc) is 2.45. The number of halogens is 1. The van der Waals surface area contributed by atoms with E-state index in [9.17, 15) is 9.90 Å². The topological polar surface area (TPSA) is 62.2 Å². The Morgan fingerprint density at radius 3 is 2.64 bits per heavy atom. The van der Waals surface area contributed by atoms with Gasteiger partial charge in [-0.15, -0.1) is 0 Å². The molecule has 1 aromatic heterocycles. The second kappa shape index (κ2) is 7.42. The molecule has 0 atom stereocenters. The number of hydrogen-bond acceptors (Lipinski definition) is 3. The number of carbonyl (C=O) groups excluding carboxylic acids is 1. The lowest BCUT2D eigenvalue weighted by molar-refractivity contribution is 0.0868. The van der Waals surface area contributed by atoms with Gasteiger partial charge in [0.1, 0.15) is 5.15 Å². The van der Waals surface area contributed by atoms with E-state index in [2.05, 4.69) is 10.3 Å². The fourth-order valence-corrected chi connectivity index (χ4v) is 3.84. The van der Waals surface area contributed by atoms with E-state index in [1.54, 1.807) is 0 Å². The predicted octanol–water partition coefficient (Wildman–Crippen LogP) is 3.41. The van der Waals surface area contributed by atoms with Crippen LogP contribution in [0.3, 0.4) is 0 Å². The van der Waals surface area contributed by atoms with Gasteiger partial charge in [0.25, 0.3) is 5.91 Å². The van der Waals surface area contributed by atoms with E-state index in [1.165, 1.54) is 19.3 Å². The molecule has 1 aliphatic rings. The minimum Gasteiger partial charge on any atom is -0.396 e. The van der Waals surface area contributed by atoms with E-state index in [0.29, 0.717) is 12.1 Å². The lowest BCUT2D eigenvalue weighted by Gasteiger charge is -2.37. The van der Waals surface area contributed by atoms with Crippen LogP contribution in [0, 0.1) is 19.3 Å². The maximum Gasteiger partial charge on any atom is 0.254 e. The Hall–Kier alpha value is -1.13. The summed E-state index contributed by atoms with van der Waals surface area (Å²) in [6, 6.07) is 1.87. The van der Waals surface area contributed by atoms with Gasteiger partial charge in [-0.05, 0) is 50.2 Å². The number of pyridine rings is 1. The molecule has 1 fully saturated rings. The first-order chi connectivity index (χ1) is 10.5. The average molecular weight is 325 g/mol. The minimum absolute atomic E-state index is 0.0289. The molecule has 0 bridgehead atoms. The van der Waals surface area contributed by atoms with Crippen LogP contribution in [0.25, 0.3) is 0 Å². The molecule has 0 spiro atoms. The summed E-state index contributed by atoms with van der Waals surface area (Å²) in [6.45, 7) is 4.50. The van der Waals surface area contributed by atoms with Crippen LogP contribution < -0.4 is 5.32 Å². The number of aryl methyl sites for hydroxylation is 2. The summed E-state index contributed by atoms with van der Waals surface area (Å²) in [5, 5.41) is 12.6. The van der Waals surface area contributed by atoms with Gasteiger partial charge >= 0.3 is 0 Å². The van der Waals surface area contributed by atoms with Gasteiger partial charge in [0.2, 0.25) is 0 Å². The van der Waals surface area contributed by atoms with Crippen molar-refractivity contribution < 1.29 is 9.90 Å². The summed E-state index contributed by atoms with van der Waals surface area (Å²) < 4.78 is 0. The van der Waals surface area contributed by atoms with Crippen molar-refractivity contribution >= 4 is 17.5 Å². The van der Waals surface area contributed by atoms with Crippen molar-refractivity contribution in [3.63, 3.8) is 0 Å². The second-order valence-electron chi connectivity index (χ2n) is 6.46. The van der Waals surface area contributed by atoms with Crippen LogP contribution >= 0.6 is 11.6 Å². The maximum absolute atomic E-state index is 12.5. The van der Waals surface area contributed by atoms with Gasteiger partial charge in [0.05, 0.1) is 5.56 Å². The molecule has 0 aliphatic heterocycles. The molecule has 0 aromatic carbocycles. The Bertz CT molecular complexity index is 511. The zero-order chi connectivity index (χ0) is 16.2. The van der Waals surface area contributed by atoms with Gasteiger partial charge in [-0.2, -0.15) is 0 Å². The molecule has 5 heteroatoms. The molecule has 2 N–H and O–H groups in total. The van der Waals surface area contributed by atoms with Crippen LogP contribution in [0.4, 0.5) is 0 Å². The van der Waals surface area contributed by atoms with Crippen LogP contribution in [-0.2, 0) is 0 Å². The summed E-state index contributed by atoms with van der Waals surface area (Å²) >= 11 is 6.14. The molecule has 1 amide bonds. The summed E-state index contributed by atoms with van der Waals surface area (Å²) in [6.07, 6.45) is 6.45. The van der Waals surface area contributed by atoms with Crippen LogP contribution in [0.2, 0.25) is 5.15 Å². The van der Waals surface area contributed by atoms with E-state index in [4.69, 9.17) is 11.6 Å². The highest BCUT2D eigenvalue weighted by molar-refractivity contribution is 6.32. The van der Waals surface area contributed by atoms with Gasteiger partial charge < -0.3 is 10.4 Å². The molecule has 0 saturated heterocycles. The van der Waals surface area contributed by atoms with Crippen LogP contribution in [0.1, 0.15) is 60.1 Å². The van der Waals surface area contributed by atoms with E-state index in [-0.39, 0.29) is 23.1 Å². The van der Waals surface area contributed by atoms with Gasteiger partial charge in [0.15, 0.2) is 0 Å². The SMILES string of the molecule is Cc1cc(C)c(C(=O)NCC2(CCO)CCCCC2)c(Cl)n1. The number of hydrogen-bond donors (Lipinski definition) is 2. The molecular weight excluding hydrogens is 300 g/mol. The molecule has 4 nitrogen and oxygen atoms in total. The highest BCUT2D eigenvalue weighted by Crippen LogP contribution is 2.38. The molecule has 22 heavy (non-hydrogen) atoms. The van der Waals surface area contributed by atoms with Crippen molar-refractivity contribution in [3.8, 4) is 0 Å². The smallest absolute Gasteiger partial charge is 0.254 e. The van der Waals surface area contributed by atoms with Crippen molar-refractivity contribution in [2.45, 2.75) is 52.4 Å². The van der Waals surface area contributed by atoms with E-state index in [0.717, 1.165) is 30.5 Å².